The van der Waals surface area contributed by atoms with Gasteiger partial charge >= 0.3 is 12.8 Å². The summed E-state index contributed by atoms with van der Waals surface area (Å²) in [6.45, 7) is -3.49. The summed E-state index contributed by atoms with van der Waals surface area (Å²) in [6.07, 6.45) is -4.24. The molecule has 14 heteroatoms. The van der Waals surface area contributed by atoms with Crippen molar-refractivity contribution < 1.29 is 49.0 Å². The molecule has 1 amide bonds. The van der Waals surface area contributed by atoms with Crippen molar-refractivity contribution in [1.82, 2.24) is 4.90 Å². The smallest absolute Gasteiger partial charge is 0.416 e. The number of hydrogen-bond acceptors (Lipinski definition) is 5. The molecule has 206 valence electrons. The van der Waals surface area contributed by atoms with Crippen LogP contribution in [0, 0.1) is 5.82 Å². The van der Waals surface area contributed by atoms with Gasteiger partial charge in [0.25, 0.3) is 10.0 Å². The van der Waals surface area contributed by atoms with Crippen molar-refractivity contribution in [2.45, 2.75) is 23.3 Å². The lowest BCUT2D eigenvalue weighted by atomic mass is 9.92. The molecule has 39 heavy (non-hydrogen) atoms. The van der Waals surface area contributed by atoms with Crippen LogP contribution in [0.1, 0.15) is 5.56 Å². The molecule has 5 rings (SSSR count). The summed E-state index contributed by atoms with van der Waals surface area (Å²) >= 11 is 0. The number of nitrogens with zero attached hydrogens (tertiary/aromatic N) is 2. The quantitative estimate of drug-likeness (QED) is 0.310. The molecule has 1 saturated heterocycles. The Morgan fingerprint density at radius 1 is 0.974 bits per heavy atom. The van der Waals surface area contributed by atoms with Crippen LogP contribution in [-0.2, 0) is 21.0 Å². The standard InChI is InChI=1S/C25H18F6N2O5S/c26-18-6-16(7-19(10-18)37-23(27)28)15-4-5-22-21(8-15)33(13-24(38-22)11-32(12-24)14-34)39(35,36)20-3-1-2-17(9-20)25(29,30)31/h1-10,14,23H,11-13H2. The molecule has 1 spiro atoms. The highest BCUT2D eigenvalue weighted by Crippen LogP contribution is 2.45. The molecule has 3 aromatic rings. The fraction of sp³-hybridized carbons (Fsp3) is 0.240. The van der Waals surface area contributed by atoms with Gasteiger partial charge in [-0.1, -0.05) is 12.1 Å². The first-order chi connectivity index (χ1) is 18.3. The molecule has 7 nitrogen and oxygen atoms in total. The lowest BCUT2D eigenvalue weighted by Crippen LogP contribution is -2.70. The monoisotopic (exact) mass is 572 g/mol. The van der Waals surface area contributed by atoms with Gasteiger partial charge in [-0.05, 0) is 53.6 Å². The Hall–Kier alpha value is -3.94. The number of benzene rings is 3. The Balaban J connectivity index is 1.61. The second-order valence-electron chi connectivity index (χ2n) is 9.07. The van der Waals surface area contributed by atoms with Crippen LogP contribution >= 0.6 is 0 Å². The molecule has 0 aromatic heterocycles. The summed E-state index contributed by atoms with van der Waals surface area (Å²) in [7, 11) is -4.61. The minimum atomic E-state index is -4.79. The zero-order chi connectivity index (χ0) is 28.2. The highest BCUT2D eigenvalue weighted by Gasteiger charge is 2.52. The van der Waals surface area contributed by atoms with Crippen LogP contribution in [0.2, 0.25) is 0 Å². The number of amides is 1. The van der Waals surface area contributed by atoms with Crippen molar-refractivity contribution in [1.29, 1.82) is 0 Å². The number of halogens is 6. The van der Waals surface area contributed by atoms with Crippen molar-refractivity contribution >= 4 is 22.1 Å². The third-order valence-electron chi connectivity index (χ3n) is 6.30. The molecule has 2 aliphatic heterocycles. The summed E-state index contributed by atoms with van der Waals surface area (Å²) in [4.78, 5) is 11.9. The third kappa shape index (κ3) is 5.07. The molecule has 0 aliphatic carbocycles. The number of carbonyl (C=O) groups is 1. The van der Waals surface area contributed by atoms with Gasteiger partial charge in [-0.15, -0.1) is 0 Å². The number of rotatable bonds is 6. The first-order valence-electron chi connectivity index (χ1n) is 11.3. The number of alkyl halides is 5. The van der Waals surface area contributed by atoms with Crippen molar-refractivity contribution in [2.75, 3.05) is 23.9 Å². The number of fused-ring (bicyclic) bond motifs is 1. The molecule has 3 aromatic carbocycles. The van der Waals surface area contributed by atoms with E-state index in [-0.39, 0.29) is 42.2 Å². The molecule has 0 radical (unpaired) electrons. The molecule has 0 atom stereocenters. The fourth-order valence-corrected chi connectivity index (χ4v) is 6.19. The van der Waals surface area contributed by atoms with Gasteiger partial charge in [-0.25, -0.2) is 12.8 Å². The van der Waals surface area contributed by atoms with Crippen LogP contribution < -0.4 is 13.8 Å². The average Bonchev–Trinajstić information content (AvgIpc) is 2.85. The molecule has 1 fully saturated rings. The van der Waals surface area contributed by atoms with Gasteiger partial charge in [-0.3, -0.25) is 9.10 Å². The lowest BCUT2D eigenvalue weighted by Gasteiger charge is -2.52. The number of anilines is 1. The van der Waals surface area contributed by atoms with Gasteiger partial charge in [0.1, 0.15) is 17.3 Å². The lowest BCUT2D eigenvalue weighted by molar-refractivity contribution is -0.137. The molecule has 0 saturated carbocycles. The molecule has 2 heterocycles. The van der Waals surface area contributed by atoms with Crippen LogP contribution in [-0.4, -0.2) is 51.6 Å². The van der Waals surface area contributed by atoms with Crippen molar-refractivity contribution in [2.24, 2.45) is 0 Å². The van der Waals surface area contributed by atoms with E-state index >= 15 is 0 Å². The number of likely N-dealkylation sites (tertiary alicyclic amines) is 1. The topological polar surface area (TPSA) is 76.2 Å². The van der Waals surface area contributed by atoms with Crippen molar-refractivity contribution in [3.05, 3.63) is 72.0 Å². The van der Waals surface area contributed by atoms with Gasteiger partial charge in [0.2, 0.25) is 6.41 Å². The minimum absolute atomic E-state index is 0.0323. The summed E-state index contributed by atoms with van der Waals surface area (Å²) in [5, 5.41) is 0. The van der Waals surface area contributed by atoms with E-state index in [2.05, 4.69) is 4.74 Å². The zero-order valence-corrected chi connectivity index (χ0v) is 20.5. The normalized spacial score (nSPS) is 16.5. The molecular weight excluding hydrogens is 554 g/mol. The van der Waals surface area contributed by atoms with Crippen LogP contribution in [0.3, 0.4) is 0 Å². The van der Waals surface area contributed by atoms with Gasteiger partial charge in [0, 0.05) is 6.07 Å². The summed E-state index contributed by atoms with van der Waals surface area (Å²) in [5.74, 6) is -1.32. The molecule has 0 bridgehead atoms. The highest BCUT2D eigenvalue weighted by atomic mass is 32.2. The average molecular weight is 572 g/mol. The second kappa shape index (κ2) is 9.36. The van der Waals surface area contributed by atoms with Crippen LogP contribution in [0.25, 0.3) is 11.1 Å². The minimum Gasteiger partial charge on any atom is -0.479 e. The van der Waals surface area contributed by atoms with Crippen LogP contribution in [0.4, 0.5) is 32.0 Å². The number of hydrogen-bond donors (Lipinski definition) is 0. The zero-order valence-electron chi connectivity index (χ0n) is 19.7. The van der Waals surface area contributed by atoms with Gasteiger partial charge < -0.3 is 14.4 Å². The maximum Gasteiger partial charge on any atom is 0.416 e. The van der Waals surface area contributed by atoms with E-state index in [1.165, 1.54) is 23.1 Å². The highest BCUT2D eigenvalue weighted by molar-refractivity contribution is 7.92. The largest absolute Gasteiger partial charge is 0.479 e. The van der Waals surface area contributed by atoms with Gasteiger partial charge in [-0.2, -0.15) is 22.0 Å². The Morgan fingerprint density at radius 3 is 2.38 bits per heavy atom. The summed E-state index contributed by atoms with van der Waals surface area (Å²) < 4.78 is 118. The van der Waals surface area contributed by atoms with E-state index in [1.807, 2.05) is 0 Å². The van der Waals surface area contributed by atoms with Crippen LogP contribution in [0.5, 0.6) is 11.5 Å². The second-order valence-corrected chi connectivity index (χ2v) is 10.9. The van der Waals surface area contributed by atoms with Gasteiger partial charge in [0.15, 0.2) is 5.60 Å². The Morgan fingerprint density at radius 2 is 1.72 bits per heavy atom. The van der Waals surface area contributed by atoms with E-state index in [9.17, 15) is 39.6 Å². The van der Waals surface area contributed by atoms with Gasteiger partial charge in [0.05, 0.1) is 35.8 Å². The van der Waals surface area contributed by atoms with Crippen molar-refractivity contribution in [3.63, 3.8) is 0 Å². The first kappa shape index (κ1) is 26.7. The molecule has 2 aliphatic rings. The maximum atomic E-state index is 14.2. The fourth-order valence-electron chi connectivity index (χ4n) is 4.60. The van der Waals surface area contributed by atoms with E-state index < -0.39 is 50.4 Å². The van der Waals surface area contributed by atoms with E-state index in [0.29, 0.717) is 12.5 Å². The Labute approximate surface area is 218 Å². The van der Waals surface area contributed by atoms with E-state index in [1.54, 1.807) is 0 Å². The van der Waals surface area contributed by atoms with Crippen molar-refractivity contribution in [3.8, 4) is 22.6 Å². The summed E-state index contributed by atoms with van der Waals surface area (Å²) in [5.41, 5.74) is -2.12. The predicted molar refractivity (Wildman–Crippen MR) is 125 cm³/mol. The number of carbonyl (C=O) groups excluding carboxylic acids is 1. The molecule has 0 N–H and O–H groups in total. The Bertz CT molecular complexity index is 1540. The third-order valence-corrected chi connectivity index (χ3v) is 8.05. The van der Waals surface area contributed by atoms with E-state index in [4.69, 9.17) is 4.74 Å². The predicted octanol–water partition coefficient (Wildman–Crippen LogP) is 4.91. The van der Waals surface area contributed by atoms with E-state index in [0.717, 1.165) is 40.7 Å². The van der Waals surface area contributed by atoms with Crippen LogP contribution in [0.15, 0.2) is 65.6 Å². The Kier molecular flexibility index (Phi) is 6.40. The number of ether oxygens (including phenoxy) is 2. The maximum absolute atomic E-state index is 14.2. The summed E-state index contributed by atoms with van der Waals surface area (Å²) in [6, 6.07) is 10.3. The number of sulfonamides is 1. The molecular formula is C25H18F6N2O5S. The SMILES string of the molecule is O=CN1CC2(C1)CN(S(=O)(=O)c1cccc(C(F)(F)F)c1)c1cc(-c3cc(F)cc(OC(F)F)c3)ccc1O2. The first-order valence-corrected chi connectivity index (χ1v) is 12.7. The molecule has 0 unspecified atom stereocenters.